The van der Waals surface area contributed by atoms with Crippen molar-refractivity contribution in [2.75, 3.05) is 0 Å². The molecule has 3 nitrogen and oxygen atoms in total. The van der Waals surface area contributed by atoms with Gasteiger partial charge in [0.25, 0.3) is 0 Å². The topological polar surface area (TPSA) is 41.5 Å². The molecule has 1 N–H and O–H groups in total. The van der Waals surface area contributed by atoms with E-state index in [1.165, 1.54) is 12.8 Å². The van der Waals surface area contributed by atoms with Crippen molar-refractivity contribution in [3.8, 4) is 0 Å². The Bertz CT molecular complexity index is 385. The van der Waals surface area contributed by atoms with Crippen LogP contribution in [-0.4, -0.2) is 11.6 Å². The summed E-state index contributed by atoms with van der Waals surface area (Å²) in [6.07, 6.45) is 5.00. The molecule has 0 aromatic heterocycles. The summed E-state index contributed by atoms with van der Waals surface area (Å²) in [5.41, 5.74) is 4.47. The van der Waals surface area contributed by atoms with Gasteiger partial charge >= 0.3 is 0 Å². The Morgan fingerprint density at radius 3 is 2.56 bits per heavy atom. The van der Waals surface area contributed by atoms with Crippen LogP contribution in [0.3, 0.4) is 0 Å². The average molecular weight is 246 g/mol. The van der Waals surface area contributed by atoms with Crippen LogP contribution in [0.15, 0.2) is 35.4 Å². The second-order valence-electron chi connectivity index (χ2n) is 4.41. The zero-order valence-electron chi connectivity index (χ0n) is 11.3. The average Bonchev–Trinajstić information content (AvgIpc) is 2.42. The van der Waals surface area contributed by atoms with Crippen molar-refractivity contribution in [3.05, 3.63) is 35.9 Å². The minimum atomic E-state index is 0.00128. The summed E-state index contributed by atoms with van der Waals surface area (Å²) in [5.74, 6) is 0.00128. The Morgan fingerprint density at radius 1 is 1.17 bits per heavy atom. The third kappa shape index (κ3) is 5.62. The molecule has 0 aliphatic heterocycles. The number of rotatable bonds is 7. The lowest BCUT2D eigenvalue weighted by atomic mass is 10.1. The largest absolute Gasteiger partial charge is 0.273 e. The highest BCUT2D eigenvalue weighted by molar-refractivity contribution is 5.99. The third-order valence-corrected chi connectivity index (χ3v) is 2.80. The number of hydrazone groups is 1. The predicted molar refractivity (Wildman–Crippen MR) is 75.6 cm³/mol. The Kier molecular flexibility index (Phi) is 6.77. The highest BCUT2D eigenvalue weighted by Crippen LogP contribution is 2.03. The highest BCUT2D eigenvalue weighted by Gasteiger charge is 2.00. The Morgan fingerprint density at radius 2 is 1.89 bits per heavy atom. The molecule has 0 radical (unpaired) electrons. The zero-order chi connectivity index (χ0) is 13.2. The molecule has 0 heterocycles. The summed E-state index contributed by atoms with van der Waals surface area (Å²) in [6, 6.07) is 9.84. The van der Waals surface area contributed by atoms with E-state index in [1.54, 1.807) is 0 Å². The highest BCUT2D eigenvalue weighted by atomic mass is 16.2. The van der Waals surface area contributed by atoms with Gasteiger partial charge in [-0.3, -0.25) is 4.79 Å². The minimum Gasteiger partial charge on any atom is -0.273 e. The molecule has 98 valence electrons. The van der Waals surface area contributed by atoms with E-state index in [0.717, 1.165) is 24.1 Å². The van der Waals surface area contributed by atoms with Crippen LogP contribution in [0.4, 0.5) is 0 Å². The van der Waals surface area contributed by atoms with Gasteiger partial charge in [0, 0.05) is 6.42 Å². The molecule has 18 heavy (non-hydrogen) atoms. The van der Waals surface area contributed by atoms with Crippen molar-refractivity contribution in [1.82, 2.24) is 5.43 Å². The number of unbranched alkanes of at least 4 members (excludes halogenated alkanes) is 3. The maximum atomic E-state index is 11.5. The SMILES string of the molecule is CCCCCCC(=O)NN=C(C)c1ccccc1. The Hall–Kier alpha value is -1.64. The Balaban J connectivity index is 2.32. The van der Waals surface area contributed by atoms with Gasteiger partial charge in [0.1, 0.15) is 0 Å². The van der Waals surface area contributed by atoms with Gasteiger partial charge in [0.15, 0.2) is 0 Å². The van der Waals surface area contributed by atoms with Crippen LogP contribution in [0.5, 0.6) is 0 Å². The Labute approximate surface area is 109 Å². The van der Waals surface area contributed by atoms with Gasteiger partial charge in [-0.05, 0) is 18.9 Å². The van der Waals surface area contributed by atoms with Gasteiger partial charge in [-0.15, -0.1) is 0 Å². The van der Waals surface area contributed by atoms with E-state index in [2.05, 4.69) is 17.5 Å². The predicted octanol–water partition coefficient (Wildman–Crippen LogP) is 3.50. The second-order valence-corrected chi connectivity index (χ2v) is 4.41. The summed E-state index contributed by atoms with van der Waals surface area (Å²) in [4.78, 5) is 11.5. The van der Waals surface area contributed by atoms with Gasteiger partial charge in [-0.2, -0.15) is 5.10 Å². The van der Waals surface area contributed by atoms with Gasteiger partial charge in [-0.25, -0.2) is 5.43 Å². The zero-order valence-corrected chi connectivity index (χ0v) is 11.3. The number of benzene rings is 1. The standard InChI is InChI=1S/C15H22N2O/c1-3-4-5-9-12-15(18)17-16-13(2)14-10-7-6-8-11-14/h6-8,10-11H,3-5,9,12H2,1-2H3,(H,17,18). The molecular formula is C15H22N2O. The number of hydrogen-bond donors (Lipinski definition) is 1. The summed E-state index contributed by atoms with van der Waals surface area (Å²) in [6.45, 7) is 4.06. The lowest BCUT2D eigenvalue weighted by molar-refractivity contribution is -0.121. The van der Waals surface area contributed by atoms with E-state index in [4.69, 9.17) is 0 Å². The normalized spacial score (nSPS) is 11.3. The van der Waals surface area contributed by atoms with Crippen LogP contribution < -0.4 is 5.43 Å². The van der Waals surface area contributed by atoms with Crippen molar-refractivity contribution < 1.29 is 4.79 Å². The van der Waals surface area contributed by atoms with Gasteiger partial charge in [-0.1, -0.05) is 56.5 Å². The first-order valence-electron chi connectivity index (χ1n) is 6.62. The van der Waals surface area contributed by atoms with Crippen molar-refractivity contribution >= 4 is 11.6 Å². The molecule has 0 spiro atoms. The number of carbonyl (C=O) groups excluding carboxylic acids is 1. The molecule has 0 bridgehead atoms. The molecule has 1 aromatic carbocycles. The summed E-state index contributed by atoms with van der Waals surface area (Å²) in [7, 11) is 0. The lowest BCUT2D eigenvalue weighted by Crippen LogP contribution is -2.18. The number of nitrogens with one attached hydrogen (secondary N) is 1. The maximum Gasteiger partial charge on any atom is 0.240 e. The lowest BCUT2D eigenvalue weighted by Gasteiger charge is -2.02. The second kappa shape index (κ2) is 8.45. The molecule has 0 fully saturated rings. The van der Waals surface area contributed by atoms with Crippen molar-refractivity contribution in [2.45, 2.75) is 46.0 Å². The van der Waals surface area contributed by atoms with Crippen LogP contribution in [0.25, 0.3) is 0 Å². The van der Waals surface area contributed by atoms with Crippen molar-refractivity contribution in [2.24, 2.45) is 5.10 Å². The summed E-state index contributed by atoms with van der Waals surface area (Å²) < 4.78 is 0. The smallest absolute Gasteiger partial charge is 0.240 e. The molecule has 0 aliphatic carbocycles. The van der Waals surface area contributed by atoms with Crippen molar-refractivity contribution in [1.29, 1.82) is 0 Å². The molecular weight excluding hydrogens is 224 g/mol. The first-order valence-corrected chi connectivity index (χ1v) is 6.62. The number of carbonyl (C=O) groups is 1. The summed E-state index contributed by atoms with van der Waals surface area (Å²) >= 11 is 0. The van der Waals surface area contributed by atoms with Crippen LogP contribution in [0, 0.1) is 0 Å². The molecule has 0 unspecified atom stereocenters. The molecule has 3 heteroatoms. The molecule has 0 saturated carbocycles. The van der Waals surface area contributed by atoms with Gasteiger partial charge in [0.2, 0.25) is 5.91 Å². The number of hydrogen-bond acceptors (Lipinski definition) is 2. The molecule has 1 rings (SSSR count). The van der Waals surface area contributed by atoms with Crippen LogP contribution in [-0.2, 0) is 4.79 Å². The van der Waals surface area contributed by atoms with E-state index in [1.807, 2.05) is 37.3 Å². The minimum absolute atomic E-state index is 0.00128. The molecule has 1 aromatic rings. The summed E-state index contributed by atoms with van der Waals surface area (Å²) in [5, 5.41) is 4.11. The fourth-order valence-electron chi connectivity index (χ4n) is 1.66. The molecule has 0 saturated heterocycles. The first-order chi connectivity index (χ1) is 8.74. The van der Waals surface area contributed by atoms with Crippen LogP contribution in [0.1, 0.15) is 51.5 Å². The van der Waals surface area contributed by atoms with E-state index in [0.29, 0.717) is 6.42 Å². The van der Waals surface area contributed by atoms with E-state index in [9.17, 15) is 4.79 Å². The van der Waals surface area contributed by atoms with E-state index in [-0.39, 0.29) is 5.91 Å². The van der Waals surface area contributed by atoms with Gasteiger partial charge < -0.3 is 0 Å². The van der Waals surface area contributed by atoms with Crippen LogP contribution in [0.2, 0.25) is 0 Å². The number of nitrogens with zero attached hydrogens (tertiary/aromatic N) is 1. The van der Waals surface area contributed by atoms with Gasteiger partial charge in [0.05, 0.1) is 5.71 Å². The van der Waals surface area contributed by atoms with Crippen LogP contribution >= 0.6 is 0 Å². The fraction of sp³-hybridized carbons (Fsp3) is 0.467. The molecule has 0 aliphatic rings. The third-order valence-electron chi connectivity index (χ3n) is 2.80. The van der Waals surface area contributed by atoms with E-state index < -0.39 is 0 Å². The monoisotopic (exact) mass is 246 g/mol. The molecule has 0 atom stereocenters. The quantitative estimate of drug-likeness (QED) is 0.446. The maximum absolute atomic E-state index is 11.5. The molecule has 1 amide bonds. The van der Waals surface area contributed by atoms with E-state index >= 15 is 0 Å². The van der Waals surface area contributed by atoms with Crippen molar-refractivity contribution in [3.63, 3.8) is 0 Å². The first kappa shape index (κ1) is 14.4. The number of amides is 1. The fourth-order valence-corrected chi connectivity index (χ4v) is 1.66.